The first kappa shape index (κ1) is 12.2. The van der Waals surface area contributed by atoms with Gasteiger partial charge in [0, 0.05) is 6.42 Å². The first-order valence-corrected chi connectivity index (χ1v) is 5.01. The second-order valence-electron chi connectivity index (χ2n) is 2.84. The van der Waals surface area contributed by atoms with Gasteiger partial charge in [0.2, 0.25) is 0 Å². The molecule has 0 heterocycles. The number of rotatable bonds is 2. The van der Waals surface area contributed by atoms with E-state index in [0.717, 1.165) is 24.8 Å². The van der Waals surface area contributed by atoms with Crippen LogP contribution in [0, 0.1) is 0 Å². The van der Waals surface area contributed by atoms with E-state index in [-0.39, 0.29) is 11.6 Å². The van der Waals surface area contributed by atoms with E-state index in [9.17, 15) is 4.39 Å². The third kappa shape index (κ3) is 4.11. The molecule has 0 spiro atoms. The van der Waals surface area contributed by atoms with Crippen LogP contribution in [0.4, 0.5) is 4.39 Å². The van der Waals surface area contributed by atoms with E-state index in [0.29, 0.717) is 6.42 Å². The van der Waals surface area contributed by atoms with Gasteiger partial charge < -0.3 is 5.11 Å². The fraction of sp³-hybridized carbons (Fsp3) is 0.636. The maximum Gasteiger partial charge on any atom is 0.146 e. The molecule has 0 unspecified atom stereocenters. The maximum atomic E-state index is 12.6. The summed E-state index contributed by atoms with van der Waals surface area (Å²) in [5, 5.41) is 9.00. The molecule has 0 saturated heterocycles. The van der Waals surface area contributed by atoms with Crippen molar-refractivity contribution in [3.8, 4) is 0 Å². The van der Waals surface area contributed by atoms with Crippen molar-refractivity contribution in [1.29, 1.82) is 0 Å². The molecule has 0 atom stereocenters. The van der Waals surface area contributed by atoms with Crippen LogP contribution in [0.2, 0.25) is 0 Å². The predicted molar refractivity (Wildman–Crippen MR) is 54.3 cm³/mol. The number of hydrogen-bond acceptors (Lipinski definition) is 1. The highest BCUT2D eigenvalue weighted by atomic mass is 19.1. The molecule has 0 amide bonds. The first-order chi connectivity index (χ1) is 6.24. The minimum atomic E-state index is -0.371. The lowest BCUT2D eigenvalue weighted by molar-refractivity contribution is 0.384. The molecule has 1 aliphatic carbocycles. The van der Waals surface area contributed by atoms with Crippen LogP contribution in [-0.4, -0.2) is 5.11 Å². The summed E-state index contributed by atoms with van der Waals surface area (Å²) < 4.78 is 12.6. The van der Waals surface area contributed by atoms with Crippen molar-refractivity contribution in [2.24, 2.45) is 0 Å². The molecular formula is C11H19FO. The average molecular weight is 186 g/mol. The van der Waals surface area contributed by atoms with Gasteiger partial charge in [-0.1, -0.05) is 32.8 Å². The van der Waals surface area contributed by atoms with E-state index in [2.05, 4.69) is 6.92 Å². The van der Waals surface area contributed by atoms with Crippen molar-refractivity contribution >= 4 is 0 Å². The fourth-order valence-corrected chi connectivity index (χ4v) is 1.26. The third-order valence-electron chi connectivity index (χ3n) is 1.86. The van der Waals surface area contributed by atoms with Gasteiger partial charge in [-0.3, -0.25) is 0 Å². The molecule has 0 aromatic heterocycles. The lowest BCUT2D eigenvalue weighted by Gasteiger charge is -2.10. The quantitative estimate of drug-likeness (QED) is 0.682. The summed E-state index contributed by atoms with van der Waals surface area (Å²) in [4.78, 5) is 0. The monoisotopic (exact) mass is 186 g/mol. The molecule has 0 aliphatic heterocycles. The molecule has 76 valence electrons. The van der Waals surface area contributed by atoms with Gasteiger partial charge in [0.25, 0.3) is 0 Å². The minimum absolute atomic E-state index is 0.167. The summed E-state index contributed by atoms with van der Waals surface area (Å²) >= 11 is 0. The molecule has 1 rings (SSSR count). The third-order valence-corrected chi connectivity index (χ3v) is 1.86. The van der Waals surface area contributed by atoms with Crippen molar-refractivity contribution in [2.45, 2.75) is 46.5 Å². The molecule has 0 fully saturated rings. The van der Waals surface area contributed by atoms with Crippen molar-refractivity contribution in [3.05, 3.63) is 23.2 Å². The van der Waals surface area contributed by atoms with Gasteiger partial charge >= 0.3 is 0 Å². The molecule has 1 aliphatic rings. The smallest absolute Gasteiger partial charge is 0.146 e. The summed E-state index contributed by atoms with van der Waals surface area (Å²) in [6, 6.07) is 0. The van der Waals surface area contributed by atoms with Gasteiger partial charge in [-0.05, 0) is 18.9 Å². The highest BCUT2D eigenvalue weighted by molar-refractivity contribution is 5.25. The van der Waals surface area contributed by atoms with Crippen molar-refractivity contribution in [2.75, 3.05) is 0 Å². The molecule has 1 N–H and O–H groups in total. The van der Waals surface area contributed by atoms with Gasteiger partial charge in [-0.25, -0.2) is 4.39 Å². The normalized spacial score (nSPS) is 16.2. The fourth-order valence-electron chi connectivity index (χ4n) is 1.26. The lowest BCUT2D eigenvalue weighted by atomic mass is 9.99. The number of allylic oxidation sites excluding steroid dienone is 3. The Hall–Kier alpha value is -0.790. The van der Waals surface area contributed by atoms with Crippen LogP contribution in [0.1, 0.15) is 46.5 Å². The Labute approximate surface area is 80.0 Å². The van der Waals surface area contributed by atoms with Crippen LogP contribution in [0.5, 0.6) is 0 Å². The summed E-state index contributed by atoms with van der Waals surface area (Å²) in [5.74, 6) is -0.537. The summed E-state index contributed by atoms with van der Waals surface area (Å²) in [6.07, 6.45) is 4.72. The number of halogens is 1. The molecule has 0 aromatic rings. The highest BCUT2D eigenvalue weighted by Crippen LogP contribution is 2.25. The van der Waals surface area contributed by atoms with Crippen LogP contribution in [-0.2, 0) is 0 Å². The Kier molecular flexibility index (Phi) is 6.29. The molecule has 0 aromatic carbocycles. The number of aliphatic hydroxyl groups excluding tert-OH is 1. The standard InChI is InChI=1S/C9H13FO.C2H6/c1-2-3-7-4-5-8(10)9(11)6-7;1-2/h6,11H,2-5H2,1H3;1-2H3. The van der Waals surface area contributed by atoms with Crippen LogP contribution >= 0.6 is 0 Å². The molecule has 0 radical (unpaired) electrons. The summed E-state index contributed by atoms with van der Waals surface area (Å²) in [7, 11) is 0. The lowest BCUT2D eigenvalue weighted by Crippen LogP contribution is -1.95. The van der Waals surface area contributed by atoms with E-state index in [1.807, 2.05) is 13.8 Å². The average Bonchev–Trinajstić information content (AvgIpc) is 2.15. The Morgan fingerprint density at radius 1 is 1.38 bits per heavy atom. The van der Waals surface area contributed by atoms with Gasteiger partial charge in [0.15, 0.2) is 0 Å². The van der Waals surface area contributed by atoms with E-state index >= 15 is 0 Å². The van der Waals surface area contributed by atoms with E-state index in [4.69, 9.17) is 5.11 Å². The van der Waals surface area contributed by atoms with Gasteiger partial charge in [-0.15, -0.1) is 0 Å². The second kappa shape index (κ2) is 6.70. The summed E-state index contributed by atoms with van der Waals surface area (Å²) in [5.41, 5.74) is 1.16. The molecule has 0 saturated carbocycles. The van der Waals surface area contributed by atoms with E-state index in [1.165, 1.54) is 0 Å². The Balaban J connectivity index is 0.000000671. The van der Waals surface area contributed by atoms with Crippen LogP contribution in [0.25, 0.3) is 0 Å². The molecule has 1 nitrogen and oxygen atoms in total. The first-order valence-electron chi connectivity index (χ1n) is 5.01. The molecular weight excluding hydrogens is 167 g/mol. The largest absolute Gasteiger partial charge is 0.505 e. The van der Waals surface area contributed by atoms with E-state index in [1.54, 1.807) is 6.08 Å². The molecule has 13 heavy (non-hydrogen) atoms. The minimum Gasteiger partial charge on any atom is -0.505 e. The maximum absolute atomic E-state index is 12.6. The zero-order valence-electron chi connectivity index (χ0n) is 8.73. The van der Waals surface area contributed by atoms with Crippen molar-refractivity contribution in [3.63, 3.8) is 0 Å². The zero-order chi connectivity index (χ0) is 10.3. The zero-order valence-corrected chi connectivity index (χ0v) is 8.73. The predicted octanol–water partition coefficient (Wildman–Crippen LogP) is 4.27. The Morgan fingerprint density at radius 3 is 2.46 bits per heavy atom. The van der Waals surface area contributed by atoms with Gasteiger partial charge in [-0.2, -0.15) is 0 Å². The van der Waals surface area contributed by atoms with Crippen LogP contribution in [0.15, 0.2) is 23.2 Å². The van der Waals surface area contributed by atoms with E-state index < -0.39 is 0 Å². The molecule has 0 bridgehead atoms. The van der Waals surface area contributed by atoms with Gasteiger partial charge in [0.05, 0.1) is 0 Å². The summed E-state index contributed by atoms with van der Waals surface area (Å²) in [6.45, 7) is 6.08. The van der Waals surface area contributed by atoms with Gasteiger partial charge in [0.1, 0.15) is 11.6 Å². The Morgan fingerprint density at radius 2 is 2.00 bits per heavy atom. The highest BCUT2D eigenvalue weighted by Gasteiger charge is 2.10. The van der Waals surface area contributed by atoms with Crippen molar-refractivity contribution in [1.82, 2.24) is 0 Å². The van der Waals surface area contributed by atoms with Crippen LogP contribution in [0.3, 0.4) is 0 Å². The second-order valence-corrected chi connectivity index (χ2v) is 2.84. The number of aliphatic hydroxyl groups is 1. The SMILES string of the molecule is CC.CCCC1=CC(O)=C(F)CC1. The molecule has 2 heteroatoms. The Bertz CT molecular complexity index is 200. The topological polar surface area (TPSA) is 20.2 Å². The van der Waals surface area contributed by atoms with Crippen molar-refractivity contribution < 1.29 is 9.50 Å². The van der Waals surface area contributed by atoms with Crippen LogP contribution < -0.4 is 0 Å². The number of hydrogen-bond donors (Lipinski definition) is 1.